The molecule has 0 unspecified atom stereocenters. The van der Waals surface area contributed by atoms with E-state index in [0.29, 0.717) is 30.4 Å². The molecule has 1 N–H and O–H groups in total. The van der Waals surface area contributed by atoms with Crippen LogP contribution in [0.3, 0.4) is 0 Å². The van der Waals surface area contributed by atoms with Crippen LogP contribution >= 0.6 is 0 Å². The summed E-state index contributed by atoms with van der Waals surface area (Å²) in [5.41, 5.74) is 2.24. The van der Waals surface area contributed by atoms with Crippen LogP contribution in [0.15, 0.2) is 42.5 Å². The lowest BCUT2D eigenvalue weighted by molar-refractivity contribution is -0.120. The molecule has 0 aliphatic carbocycles. The standard InChI is InChI=1S/C22H28N2O5S/c1-15(2)18-7-5-6-8-19(18)24(30(4,26)27)14-22(25)23-16(3)17-9-10-20-21(13-17)29-12-11-28-20/h5-10,13,15-16H,11-12,14H2,1-4H3,(H,23,25)/t16-/m1/s1. The van der Waals surface area contributed by atoms with E-state index in [-0.39, 0.29) is 24.4 Å². The van der Waals surface area contributed by atoms with Gasteiger partial charge in [0.05, 0.1) is 18.0 Å². The van der Waals surface area contributed by atoms with Crippen LogP contribution in [0.1, 0.15) is 43.9 Å². The Kier molecular flexibility index (Phi) is 6.55. The highest BCUT2D eigenvalue weighted by Gasteiger charge is 2.25. The number of fused-ring (bicyclic) bond motifs is 1. The molecule has 1 aliphatic rings. The van der Waals surface area contributed by atoms with E-state index >= 15 is 0 Å². The molecule has 0 saturated carbocycles. The molecule has 2 aromatic carbocycles. The van der Waals surface area contributed by atoms with Crippen LogP contribution < -0.4 is 19.1 Å². The van der Waals surface area contributed by atoms with Crippen LogP contribution in [0.4, 0.5) is 5.69 Å². The number of nitrogens with one attached hydrogen (secondary N) is 1. The molecule has 0 aromatic heterocycles. The first-order chi connectivity index (χ1) is 14.2. The number of carbonyl (C=O) groups is 1. The molecule has 0 spiro atoms. The number of benzene rings is 2. The Labute approximate surface area is 178 Å². The molecule has 0 fully saturated rings. The number of hydrogen-bond donors (Lipinski definition) is 1. The molecule has 1 heterocycles. The van der Waals surface area contributed by atoms with Crippen molar-refractivity contribution in [2.24, 2.45) is 0 Å². The van der Waals surface area contributed by atoms with Crippen LogP contribution in [0.2, 0.25) is 0 Å². The summed E-state index contributed by atoms with van der Waals surface area (Å²) in [6, 6.07) is 12.4. The van der Waals surface area contributed by atoms with Gasteiger partial charge in [0, 0.05) is 0 Å². The minimum atomic E-state index is -3.65. The Balaban J connectivity index is 1.77. The van der Waals surface area contributed by atoms with Crippen molar-refractivity contribution in [2.75, 3.05) is 30.3 Å². The Morgan fingerprint density at radius 2 is 1.73 bits per heavy atom. The molecule has 1 atom stereocenters. The topological polar surface area (TPSA) is 84.9 Å². The summed E-state index contributed by atoms with van der Waals surface area (Å²) in [4.78, 5) is 12.8. The number of sulfonamides is 1. The molecule has 2 aromatic rings. The van der Waals surface area contributed by atoms with E-state index in [1.807, 2.05) is 51.1 Å². The van der Waals surface area contributed by atoms with E-state index in [9.17, 15) is 13.2 Å². The fourth-order valence-electron chi connectivity index (χ4n) is 3.41. The first-order valence-electron chi connectivity index (χ1n) is 9.92. The fourth-order valence-corrected chi connectivity index (χ4v) is 4.29. The average Bonchev–Trinajstić information content (AvgIpc) is 2.70. The van der Waals surface area contributed by atoms with Crippen LogP contribution in [-0.2, 0) is 14.8 Å². The summed E-state index contributed by atoms with van der Waals surface area (Å²) in [6.07, 6.45) is 1.11. The first-order valence-corrected chi connectivity index (χ1v) is 11.8. The fraction of sp³-hybridized carbons (Fsp3) is 0.409. The maximum absolute atomic E-state index is 12.8. The Bertz CT molecular complexity index is 1020. The normalized spacial score (nSPS) is 14.3. The minimum absolute atomic E-state index is 0.116. The van der Waals surface area contributed by atoms with Gasteiger partial charge in [0.15, 0.2) is 11.5 Å². The van der Waals surface area contributed by atoms with Gasteiger partial charge in [-0.05, 0) is 42.2 Å². The minimum Gasteiger partial charge on any atom is -0.486 e. The van der Waals surface area contributed by atoms with Crippen LogP contribution in [0.25, 0.3) is 0 Å². The van der Waals surface area contributed by atoms with Crippen LogP contribution in [0, 0.1) is 0 Å². The molecule has 0 saturated heterocycles. The summed E-state index contributed by atoms with van der Waals surface area (Å²) in [5.74, 6) is 1.05. The molecule has 7 nitrogen and oxygen atoms in total. The molecule has 1 aliphatic heterocycles. The summed E-state index contributed by atoms with van der Waals surface area (Å²) in [7, 11) is -3.65. The predicted octanol–water partition coefficient (Wildman–Crippen LogP) is 3.22. The number of rotatable bonds is 7. The Morgan fingerprint density at radius 3 is 2.40 bits per heavy atom. The zero-order chi connectivity index (χ0) is 21.9. The van der Waals surface area contributed by atoms with E-state index in [1.165, 1.54) is 0 Å². The van der Waals surface area contributed by atoms with Gasteiger partial charge in [0.2, 0.25) is 15.9 Å². The molecule has 30 heavy (non-hydrogen) atoms. The molecule has 0 bridgehead atoms. The second-order valence-corrected chi connectivity index (χ2v) is 9.58. The third kappa shape index (κ3) is 5.05. The largest absolute Gasteiger partial charge is 0.486 e. The first kappa shape index (κ1) is 22.0. The lowest BCUT2D eigenvalue weighted by Crippen LogP contribution is -2.41. The summed E-state index contributed by atoms with van der Waals surface area (Å²) in [5, 5.41) is 2.88. The van der Waals surface area contributed by atoms with Gasteiger partial charge < -0.3 is 14.8 Å². The highest BCUT2D eigenvalue weighted by molar-refractivity contribution is 7.92. The smallest absolute Gasteiger partial charge is 0.241 e. The molecular formula is C22H28N2O5S. The maximum atomic E-state index is 12.8. The quantitative estimate of drug-likeness (QED) is 0.726. The highest BCUT2D eigenvalue weighted by Crippen LogP contribution is 2.33. The summed E-state index contributed by atoms with van der Waals surface area (Å²) < 4.78 is 37.2. The van der Waals surface area contributed by atoms with Gasteiger partial charge >= 0.3 is 0 Å². The van der Waals surface area contributed by atoms with E-state index in [4.69, 9.17) is 9.47 Å². The number of hydrogen-bond acceptors (Lipinski definition) is 5. The Morgan fingerprint density at radius 1 is 1.07 bits per heavy atom. The SMILES string of the molecule is CC(C)c1ccccc1N(CC(=O)N[C@H](C)c1ccc2c(c1)OCCO2)S(C)(=O)=O. The second kappa shape index (κ2) is 8.95. The third-order valence-corrected chi connectivity index (χ3v) is 6.09. The number of para-hydroxylation sites is 1. The van der Waals surface area contributed by atoms with E-state index in [1.54, 1.807) is 12.1 Å². The molecule has 3 rings (SSSR count). The second-order valence-electron chi connectivity index (χ2n) is 7.68. The van der Waals surface area contributed by atoms with Crippen LogP contribution in [0.5, 0.6) is 11.5 Å². The van der Waals surface area contributed by atoms with E-state index in [2.05, 4.69) is 5.32 Å². The third-order valence-electron chi connectivity index (χ3n) is 4.96. The highest BCUT2D eigenvalue weighted by atomic mass is 32.2. The van der Waals surface area contributed by atoms with Crippen molar-refractivity contribution in [1.82, 2.24) is 5.32 Å². The number of amides is 1. The van der Waals surface area contributed by atoms with Gasteiger partial charge in [-0.1, -0.05) is 38.1 Å². The average molecular weight is 433 g/mol. The van der Waals surface area contributed by atoms with Gasteiger partial charge in [-0.2, -0.15) is 0 Å². The molecule has 8 heteroatoms. The molecule has 1 amide bonds. The monoisotopic (exact) mass is 432 g/mol. The predicted molar refractivity (Wildman–Crippen MR) is 117 cm³/mol. The van der Waals surface area contributed by atoms with E-state index in [0.717, 1.165) is 21.7 Å². The van der Waals surface area contributed by atoms with Crippen molar-refractivity contribution < 1.29 is 22.7 Å². The number of ether oxygens (including phenoxy) is 2. The zero-order valence-corrected chi connectivity index (χ0v) is 18.5. The van der Waals surface area contributed by atoms with Gasteiger partial charge in [-0.25, -0.2) is 8.42 Å². The molecule has 0 radical (unpaired) electrons. The Hall–Kier alpha value is -2.74. The number of carbonyl (C=O) groups excluding carboxylic acids is 1. The zero-order valence-electron chi connectivity index (χ0n) is 17.7. The number of anilines is 1. The van der Waals surface area contributed by atoms with Crippen molar-refractivity contribution >= 4 is 21.6 Å². The van der Waals surface area contributed by atoms with Gasteiger partial charge in [-0.3, -0.25) is 9.10 Å². The van der Waals surface area contributed by atoms with Gasteiger partial charge in [0.1, 0.15) is 19.8 Å². The van der Waals surface area contributed by atoms with Crippen molar-refractivity contribution in [3.8, 4) is 11.5 Å². The molecule has 162 valence electrons. The lowest BCUT2D eigenvalue weighted by Gasteiger charge is -2.26. The number of nitrogens with zero attached hydrogens (tertiary/aromatic N) is 1. The van der Waals surface area contributed by atoms with Gasteiger partial charge in [-0.15, -0.1) is 0 Å². The lowest BCUT2D eigenvalue weighted by atomic mass is 10.0. The van der Waals surface area contributed by atoms with Gasteiger partial charge in [0.25, 0.3) is 0 Å². The molecular weight excluding hydrogens is 404 g/mol. The van der Waals surface area contributed by atoms with Crippen molar-refractivity contribution in [1.29, 1.82) is 0 Å². The van der Waals surface area contributed by atoms with Crippen molar-refractivity contribution in [3.63, 3.8) is 0 Å². The van der Waals surface area contributed by atoms with Crippen molar-refractivity contribution in [3.05, 3.63) is 53.6 Å². The van der Waals surface area contributed by atoms with Crippen molar-refractivity contribution in [2.45, 2.75) is 32.7 Å². The maximum Gasteiger partial charge on any atom is 0.241 e. The summed E-state index contributed by atoms with van der Waals surface area (Å²) >= 11 is 0. The van der Waals surface area contributed by atoms with Crippen LogP contribution in [-0.4, -0.2) is 40.3 Å². The summed E-state index contributed by atoms with van der Waals surface area (Å²) in [6.45, 7) is 6.52. The van der Waals surface area contributed by atoms with E-state index < -0.39 is 10.0 Å².